The average Bonchev–Trinajstić information content (AvgIpc) is 3.42. The Labute approximate surface area is 218 Å². The fourth-order valence-corrected chi connectivity index (χ4v) is 6.50. The number of ether oxygens (including phenoxy) is 1. The molecule has 2 aliphatic heterocycles. The van der Waals surface area contributed by atoms with Gasteiger partial charge in [-0.2, -0.15) is 0 Å². The normalized spacial score (nSPS) is 19.8. The number of benzene rings is 4. The van der Waals surface area contributed by atoms with Crippen molar-refractivity contribution in [1.29, 1.82) is 0 Å². The summed E-state index contributed by atoms with van der Waals surface area (Å²) in [6.07, 6.45) is 5.02. The van der Waals surface area contributed by atoms with Crippen molar-refractivity contribution < 1.29 is 9.53 Å². The first-order valence-electron chi connectivity index (χ1n) is 13.3. The second-order valence-electron chi connectivity index (χ2n) is 10.3. The van der Waals surface area contributed by atoms with Gasteiger partial charge in [-0.05, 0) is 63.8 Å². The van der Waals surface area contributed by atoms with Gasteiger partial charge in [0.1, 0.15) is 6.61 Å². The Morgan fingerprint density at radius 1 is 0.703 bits per heavy atom. The van der Waals surface area contributed by atoms with Gasteiger partial charge >= 0.3 is 6.09 Å². The van der Waals surface area contributed by atoms with Crippen molar-refractivity contribution in [2.45, 2.75) is 37.3 Å². The zero-order valence-corrected chi connectivity index (χ0v) is 20.7. The number of hydrogen-bond acceptors (Lipinski definition) is 2. The molecule has 0 saturated carbocycles. The summed E-state index contributed by atoms with van der Waals surface area (Å²) in [6, 6.07) is 36.6. The highest BCUT2D eigenvalue weighted by atomic mass is 16.6. The number of nitrogens with zero attached hydrogens (tertiary/aromatic N) is 1. The molecule has 3 aliphatic rings. The van der Waals surface area contributed by atoms with Crippen molar-refractivity contribution in [1.82, 2.24) is 4.90 Å². The van der Waals surface area contributed by atoms with Crippen LogP contribution in [0.3, 0.4) is 0 Å². The predicted molar refractivity (Wildman–Crippen MR) is 148 cm³/mol. The van der Waals surface area contributed by atoms with Crippen LogP contribution in [0.4, 0.5) is 4.79 Å². The summed E-state index contributed by atoms with van der Waals surface area (Å²) in [5.41, 5.74) is 10.1. The second-order valence-corrected chi connectivity index (χ2v) is 10.3. The smallest absolute Gasteiger partial charge is 0.410 e. The highest BCUT2D eigenvalue weighted by molar-refractivity contribution is 5.80. The van der Waals surface area contributed by atoms with Gasteiger partial charge < -0.3 is 4.74 Å². The van der Waals surface area contributed by atoms with Crippen LogP contribution in [0, 0.1) is 0 Å². The first kappa shape index (κ1) is 22.1. The molecule has 1 fully saturated rings. The van der Waals surface area contributed by atoms with E-state index < -0.39 is 0 Å². The molecule has 2 bridgehead atoms. The lowest BCUT2D eigenvalue weighted by atomic mass is 9.93. The Kier molecular flexibility index (Phi) is 5.43. The molecule has 37 heavy (non-hydrogen) atoms. The number of carbonyl (C=O) groups excluding carboxylic acids is 1. The summed E-state index contributed by atoms with van der Waals surface area (Å²) in [7, 11) is 0. The predicted octanol–water partition coefficient (Wildman–Crippen LogP) is 7.92. The lowest BCUT2D eigenvalue weighted by Crippen LogP contribution is -2.43. The maximum atomic E-state index is 13.4. The summed E-state index contributed by atoms with van der Waals surface area (Å²) in [5, 5.41) is 0. The fourth-order valence-electron chi connectivity index (χ4n) is 6.50. The van der Waals surface area contributed by atoms with Crippen LogP contribution < -0.4 is 0 Å². The zero-order chi connectivity index (χ0) is 24.8. The summed E-state index contributed by atoms with van der Waals surface area (Å²) in [4.78, 5) is 15.4. The quantitative estimate of drug-likeness (QED) is 0.295. The number of rotatable bonds is 4. The van der Waals surface area contributed by atoms with E-state index in [1.165, 1.54) is 44.5 Å². The zero-order valence-electron chi connectivity index (χ0n) is 20.7. The standard InChI is InChI=1S/C34H29NO2/c36-34(37-22-33-31-12-6-4-10-29(31)30-11-5-7-13-32(30)33)35-27-18-19-28(35)21-26(20-27)25-16-14-24(15-17-25)23-8-2-1-3-9-23/h1-17,20,27-28,33H,18-19,21-22H2. The molecule has 0 N–H and O–H groups in total. The van der Waals surface area contributed by atoms with Crippen molar-refractivity contribution in [2.24, 2.45) is 0 Å². The van der Waals surface area contributed by atoms with E-state index in [9.17, 15) is 4.79 Å². The van der Waals surface area contributed by atoms with Gasteiger partial charge in [0, 0.05) is 12.0 Å². The van der Waals surface area contributed by atoms with Crippen LogP contribution in [0.1, 0.15) is 41.9 Å². The van der Waals surface area contributed by atoms with Crippen molar-refractivity contribution in [2.75, 3.05) is 6.61 Å². The van der Waals surface area contributed by atoms with Crippen LogP contribution in [0.2, 0.25) is 0 Å². The van der Waals surface area contributed by atoms with E-state index in [1.54, 1.807) is 0 Å². The van der Waals surface area contributed by atoms with Crippen LogP contribution in [0.25, 0.3) is 27.8 Å². The maximum absolute atomic E-state index is 13.4. The van der Waals surface area contributed by atoms with E-state index >= 15 is 0 Å². The minimum absolute atomic E-state index is 0.0908. The molecule has 2 atom stereocenters. The number of amides is 1. The van der Waals surface area contributed by atoms with Gasteiger partial charge in [-0.3, -0.25) is 4.90 Å². The molecular formula is C34H29NO2. The van der Waals surface area contributed by atoms with Crippen LogP contribution in [-0.2, 0) is 4.74 Å². The first-order chi connectivity index (χ1) is 18.3. The number of fused-ring (bicyclic) bond motifs is 5. The molecule has 0 aromatic heterocycles. The van der Waals surface area contributed by atoms with Crippen LogP contribution in [-0.4, -0.2) is 29.7 Å². The molecule has 4 aromatic carbocycles. The fraction of sp³-hybridized carbons (Fsp3) is 0.206. The molecule has 1 aliphatic carbocycles. The Balaban J connectivity index is 1.07. The third-order valence-corrected chi connectivity index (χ3v) is 8.31. The van der Waals surface area contributed by atoms with Crippen molar-refractivity contribution in [3.63, 3.8) is 0 Å². The van der Waals surface area contributed by atoms with Gasteiger partial charge in [0.05, 0.1) is 6.04 Å². The summed E-state index contributed by atoms with van der Waals surface area (Å²) in [6.45, 7) is 0.375. The van der Waals surface area contributed by atoms with E-state index in [-0.39, 0.29) is 24.1 Å². The maximum Gasteiger partial charge on any atom is 0.410 e. The third-order valence-electron chi connectivity index (χ3n) is 8.31. The molecule has 0 spiro atoms. The lowest BCUT2D eigenvalue weighted by molar-refractivity contribution is 0.0866. The Morgan fingerprint density at radius 2 is 1.30 bits per heavy atom. The van der Waals surface area contributed by atoms with E-state index in [0.717, 1.165) is 19.3 Å². The largest absolute Gasteiger partial charge is 0.448 e. The molecule has 2 heterocycles. The van der Waals surface area contributed by atoms with Gasteiger partial charge in [-0.1, -0.05) is 109 Å². The highest BCUT2D eigenvalue weighted by Gasteiger charge is 2.41. The highest BCUT2D eigenvalue weighted by Crippen LogP contribution is 2.45. The molecule has 2 unspecified atom stereocenters. The number of hydrogen-bond donors (Lipinski definition) is 0. The van der Waals surface area contributed by atoms with E-state index in [1.807, 2.05) is 11.0 Å². The molecule has 3 nitrogen and oxygen atoms in total. The molecular weight excluding hydrogens is 454 g/mol. The van der Waals surface area contributed by atoms with Gasteiger partial charge in [0.2, 0.25) is 0 Å². The third kappa shape index (κ3) is 3.86. The molecule has 7 rings (SSSR count). The van der Waals surface area contributed by atoms with Gasteiger partial charge in [-0.25, -0.2) is 4.79 Å². The Hall–Kier alpha value is -4.11. The van der Waals surface area contributed by atoms with Crippen molar-refractivity contribution in [3.8, 4) is 22.3 Å². The Bertz CT molecular complexity index is 1440. The van der Waals surface area contributed by atoms with Gasteiger partial charge in [0.25, 0.3) is 0 Å². The van der Waals surface area contributed by atoms with Gasteiger partial charge in [-0.15, -0.1) is 0 Å². The molecule has 182 valence electrons. The molecule has 4 aromatic rings. The summed E-state index contributed by atoms with van der Waals surface area (Å²) in [5.74, 6) is 0.0908. The minimum Gasteiger partial charge on any atom is -0.448 e. The molecule has 1 saturated heterocycles. The van der Waals surface area contributed by atoms with Crippen LogP contribution >= 0.6 is 0 Å². The molecule has 3 heteroatoms. The topological polar surface area (TPSA) is 29.5 Å². The lowest BCUT2D eigenvalue weighted by Gasteiger charge is -2.33. The summed E-state index contributed by atoms with van der Waals surface area (Å²) < 4.78 is 6.02. The number of carbonyl (C=O) groups is 1. The SMILES string of the molecule is O=C(OCC1c2ccccc2-c2ccccc21)N1C2C=C(c3ccc(-c4ccccc4)cc3)CC1CC2. The van der Waals surface area contributed by atoms with Crippen molar-refractivity contribution in [3.05, 3.63) is 126 Å². The van der Waals surface area contributed by atoms with Gasteiger partial charge in [0.15, 0.2) is 0 Å². The monoisotopic (exact) mass is 483 g/mol. The van der Waals surface area contributed by atoms with E-state index in [4.69, 9.17) is 4.74 Å². The van der Waals surface area contributed by atoms with Crippen molar-refractivity contribution >= 4 is 11.7 Å². The molecule has 1 amide bonds. The Morgan fingerprint density at radius 3 is 1.97 bits per heavy atom. The molecule has 0 radical (unpaired) electrons. The second kappa shape index (κ2) is 9.08. The minimum atomic E-state index is -0.177. The summed E-state index contributed by atoms with van der Waals surface area (Å²) >= 11 is 0. The van der Waals surface area contributed by atoms with E-state index in [2.05, 4.69) is 103 Å². The van der Waals surface area contributed by atoms with Crippen LogP contribution in [0.5, 0.6) is 0 Å². The van der Waals surface area contributed by atoms with E-state index in [0.29, 0.717) is 6.61 Å². The first-order valence-corrected chi connectivity index (χ1v) is 13.3. The van der Waals surface area contributed by atoms with Crippen LogP contribution in [0.15, 0.2) is 109 Å². The average molecular weight is 484 g/mol.